The number of urea groups is 1. The third kappa shape index (κ3) is 9.43. The van der Waals surface area contributed by atoms with Crippen molar-refractivity contribution in [1.29, 1.82) is 0 Å². The predicted octanol–water partition coefficient (Wildman–Crippen LogP) is 10.9. The first kappa shape index (κ1) is 36.5. The van der Waals surface area contributed by atoms with Crippen molar-refractivity contribution in [3.05, 3.63) is 174 Å². The maximum absolute atomic E-state index is 12.7. The minimum Gasteiger partial charge on any atom is -0.457 e. The lowest BCUT2D eigenvalue weighted by Crippen LogP contribution is -2.31. The number of amides is 2. The van der Waals surface area contributed by atoms with Crippen LogP contribution in [0.1, 0.15) is 41.1 Å². The molecule has 0 saturated carbocycles. The van der Waals surface area contributed by atoms with E-state index in [2.05, 4.69) is 53.1 Å². The summed E-state index contributed by atoms with van der Waals surface area (Å²) in [5, 5.41) is 15.4. The molecule has 1 aliphatic rings. The molecule has 8 rings (SSSR count). The van der Waals surface area contributed by atoms with E-state index in [0.717, 1.165) is 54.7 Å². The number of aliphatic hydroxyl groups excluding tert-OH is 1. The van der Waals surface area contributed by atoms with Crippen molar-refractivity contribution in [3.8, 4) is 22.6 Å². The van der Waals surface area contributed by atoms with Crippen LogP contribution in [-0.4, -0.2) is 28.0 Å². The third-order valence-electron chi connectivity index (χ3n) is 9.27. The fourth-order valence-corrected chi connectivity index (χ4v) is 8.49. The van der Waals surface area contributed by atoms with Gasteiger partial charge in [0, 0.05) is 30.0 Å². The highest BCUT2D eigenvalue weighted by Gasteiger charge is 2.32. The molecule has 0 unspecified atom stereocenters. The third-order valence-corrected chi connectivity index (χ3v) is 11.6. The van der Waals surface area contributed by atoms with Crippen molar-refractivity contribution in [2.24, 2.45) is 0 Å². The molecule has 1 aliphatic heterocycles. The summed E-state index contributed by atoms with van der Waals surface area (Å²) in [5.41, 5.74) is 7.61. The van der Waals surface area contributed by atoms with E-state index in [1.165, 1.54) is 4.70 Å². The lowest BCUT2D eigenvalue weighted by molar-refractivity contribution is -0.245. The van der Waals surface area contributed by atoms with Gasteiger partial charge in [0.2, 0.25) is 0 Å². The van der Waals surface area contributed by atoms with Crippen LogP contribution in [0.2, 0.25) is 0 Å². The first-order chi connectivity index (χ1) is 27.0. The Hall–Kier alpha value is -5.49. The average molecular weight is 766 g/mol. The quantitative estimate of drug-likeness (QED) is 0.106. The number of fused-ring (bicyclic) bond motifs is 1. The first-order valence-electron chi connectivity index (χ1n) is 18.1. The van der Waals surface area contributed by atoms with Crippen LogP contribution in [0.5, 0.6) is 11.5 Å². The Bertz CT molecular complexity index is 2300. The summed E-state index contributed by atoms with van der Waals surface area (Å²) in [5.74, 6) is 2.19. The molecule has 0 radical (unpaired) electrons. The molecule has 55 heavy (non-hydrogen) atoms. The van der Waals surface area contributed by atoms with Crippen LogP contribution >= 0.6 is 23.1 Å². The van der Waals surface area contributed by atoms with Gasteiger partial charge in [-0.25, -0.2) is 9.78 Å². The Labute approximate surface area is 328 Å². The molecule has 3 N–H and O–H groups in total. The number of nitrogens with one attached hydrogen (secondary N) is 2. The number of benzene rings is 6. The van der Waals surface area contributed by atoms with Crippen LogP contribution in [0.15, 0.2) is 156 Å². The van der Waals surface area contributed by atoms with E-state index in [1.54, 1.807) is 23.1 Å². The smallest absolute Gasteiger partial charge is 0.319 e. The van der Waals surface area contributed by atoms with Crippen LogP contribution < -0.4 is 15.4 Å². The van der Waals surface area contributed by atoms with Crippen LogP contribution in [0.3, 0.4) is 0 Å². The number of thiazole rings is 1. The number of carbonyl (C=O) groups is 1. The second kappa shape index (κ2) is 17.3. The minimum atomic E-state index is -0.548. The number of aliphatic hydroxyl groups is 1. The number of hydrogen-bond acceptors (Lipinski definition) is 8. The monoisotopic (exact) mass is 765 g/mol. The molecule has 1 aromatic heterocycles. The van der Waals surface area contributed by atoms with Gasteiger partial charge in [0.15, 0.2) is 10.6 Å². The van der Waals surface area contributed by atoms with Gasteiger partial charge in [0.25, 0.3) is 0 Å². The number of anilines is 1. The summed E-state index contributed by atoms with van der Waals surface area (Å²) in [7, 11) is 0. The predicted molar refractivity (Wildman–Crippen MR) is 219 cm³/mol. The van der Waals surface area contributed by atoms with Crippen molar-refractivity contribution >= 4 is 45.0 Å². The number of para-hydroxylation sites is 2. The van der Waals surface area contributed by atoms with E-state index in [9.17, 15) is 9.90 Å². The Balaban J connectivity index is 0.898. The van der Waals surface area contributed by atoms with Gasteiger partial charge in [-0.05, 0) is 82.4 Å². The highest BCUT2D eigenvalue weighted by atomic mass is 32.2. The van der Waals surface area contributed by atoms with Gasteiger partial charge in [-0.2, -0.15) is 0 Å². The molecule has 2 heterocycles. The van der Waals surface area contributed by atoms with Crippen molar-refractivity contribution in [1.82, 2.24) is 10.3 Å². The van der Waals surface area contributed by atoms with Crippen molar-refractivity contribution in [3.63, 3.8) is 0 Å². The Morgan fingerprint density at radius 3 is 2.29 bits per heavy atom. The standard InChI is InChI=1S/C45H39N3O5S2/c49-28-30-13-15-33(16-14-30)41-26-39(29-54-45-48-40-11-4-5-12-42(40)55-45)52-43(53-41)34-19-17-32(18-20-34)35-8-6-7-31(25-35)27-46-44(50)47-36-21-23-38(24-22-36)51-37-9-2-1-3-10-37/h1-25,39,41,43,49H,26-29H2,(H2,46,47,50)/t39-,41+,43+/m0/s1. The van der Waals surface area contributed by atoms with Crippen LogP contribution in [-0.2, 0) is 22.6 Å². The first-order valence-corrected chi connectivity index (χ1v) is 19.9. The van der Waals surface area contributed by atoms with Gasteiger partial charge < -0.3 is 30.0 Å². The number of aromatic nitrogens is 1. The summed E-state index contributed by atoms with van der Waals surface area (Å²) in [4.78, 5) is 17.5. The second-order valence-electron chi connectivity index (χ2n) is 13.2. The highest BCUT2D eigenvalue weighted by Crippen LogP contribution is 2.40. The zero-order valence-electron chi connectivity index (χ0n) is 29.8. The van der Waals surface area contributed by atoms with Crippen molar-refractivity contribution in [2.75, 3.05) is 11.1 Å². The zero-order valence-corrected chi connectivity index (χ0v) is 31.5. The highest BCUT2D eigenvalue weighted by molar-refractivity contribution is 8.01. The van der Waals surface area contributed by atoms with Gasteiger partial charge in [-0.3, -0.25) is 0 Å². The molecule has 3 atom stereocenters. The Kier molecular flexibility index (Phi) is 11.5. The topological polar surface area (TPSA) is 102 Å². The number of ether oxygens (including phenoxy) is 3. The molecule has 2 amide bonds. The van der Waals surface area contributed by atoms with E-state index in [1.807, 2.05) is 109 Å². The van der Waals surface area contributed by atoms with Crippen LogP contribution in [0.4, 0.5) is 10.5 Å². The lowest BCUT2D eigenvalue weighted by Gasteiger charge is -2.36. The van der Waals surface area contributed by atoms with Crippen molar-refractivity contribution < 1.29 is 24.1 Å². The number of hydrogen-bond donors (Lipinski definition) is 3. The molecule has 1 saturated heterocycles. The zero-order chi connectivity index (χ0) is 37.4. The fraction of sp³-hybridized carbons (Fsp3) is 0.156. The van der Waals surface area contributed by atoms with Gasteiger partial charge in [0.05, 0.1) is 29.0 Å². The van der Waals surface area contributed by atoms with Gasteiger partial charge in [-0.1, -0.05) is 109 Å². The van der Waals surface area contributed by atoms with Crippen molar-refractivity contribution in [2.45, 2.75) is 42.4 Å². The largest absolute Gasteiger partial charge is 0.457 e. The summed E-state index contributed by atoms with van der Waals surface area (Å²) >= 11 is 3.42. The van der Waals surface area contributed by atoms with Gasteiger partial charge in [-0.15, -0.1) is 11.3 Å². The van der Waals surface area contributed by atoms with E-state index < -0.39 is 6.29 Å². The maximum Gasteiger partial charge on any atom is 0.319 e. The molecule has 1 fully saturated rings. The SMILES string of the molecule is O=C(NCc1cccc(-c2ccc([C@@H]3O[C@H](CSc4nc5ccccc5s4)C[C@H](c4ccc(CO)cc4)O3)cc2)c1)Nc1ccc(Oc2ccccc2)cc1. The van der Waals surface area contributed by atoms with Crippen LogP contribution in [0, 0.1) is 0 Å². The molecule has 0 aliphatic carbocycles. The number of carbonyl (C=O) groups excluding carboxylic acids is 1. The number of nitrogens with zero attached hydrogens (tertiary/aromatic N) is 1. The average Bonchev–Trinajstić information content (AvgIpc) is 3.67. The molecule has 6 aromatic carbocycles. The fourth-order valence-electron chi connectivity index (χ4n) is 6.38. The molecule has 10 heteroatoms. The normalized spacial score (nSPS) is 16.8. The van der Waals surface area contributed by atoms with Gasteiger partial charge >= 0.3 is 6.03 Å². The summed E-state index contributed by atoms with van der Waals surface area (Å²) in [6.45, 7) is 0.371. The second-order valence-corrected chi connectivity index (χ2v) is 15.5. The Morgan fingerprint density at radius 2 is 1.51 bits per heavy atom. The van der Waals surface area contributed by atoms with E-state index in [0.29, 0.717) is 24.4 Å². The molecular weight excluding hydrogens is 727 g/mol. The minimum absolute atomic E-state index is 0.00167. The van der Waals surface area contributed by atoms with E-state index in [4.69, 9.17) is 19.2 Å². The number of thioether (sulfide) groups is 1. The molecule has 8 nitrogen and oxygen atoms in total. The number of rotatable bonds is 12. The van der Waals surface area contributed by atoms with Crippen LogP contribution in [0.25, 0.3) is 21.3 Å². The maximum atomic E-state index is 12.7. The lowest BCUT2D eigenvalue weighted by atomic mass is 9.99. The summed E-state index contributed by atoms with van der Waals surface area (Å²) in [6.07, 6.45) is -0.0680. The molecule has 0 spiro atoms. The Morgan fingerprint density at radius 1 is 0.764 bits per heavy atom. The molecule has 0 bridgehead atoms. The summed E-state index contributed by atoms with van der Waals surface area (Å²) < 4.78 is 21.2. The molecule has 7 aromatic rings. The summed E-state index contributed by atoms with van der Waals surface area (Å²) in [6, 6.07) is 49.1. The van der Waals surface area contributed by atoms with Gasteiger partial charge in [0.1, 0.15) is 11.5 Å². The van der Waals surface area contributed by atoms with E-state index >= 15 is 0 Å². The molecular formula is C45H39N3O5S2. The van der Waals surface area contributed by atoms with E-state index in [-0.39, 0.29) is 24.8 Å². The molecule has 276 valence electrons.